The number of nitrogens with zero attached hydrogens (tertiary/aromatic N) is 1. The SMILES string of the molecule is CC1(C)c2cc(N(c3ccc4c(c3)C(C)(C)c3c-4c4c(c5c3C(C)(C)c3ccccc3-5)OCc3ccccc3-4)c3cccc4oc5ccccc5c34)ccc2-c2c1cc(-c1ccc(-c3ccccc3)cc1)c1oc3ccccc3c21. The van der Waals surface area contributed by atoms with Crippen molar-refractivity contribution in [2.24, 2.45) is 0 Å². The van der Waals surface area contributed by atoms with Crippen LogP contribution in [-0.2, 0) is 22.9 Å². The molecular formula is C76H55NO3. The number of furan rings is 2. The Bertz CT molecular complexity index is 4850. The Morgan fingerprint density at radius 2 is 0.925 bits per heavy atom. The van der Waals surface area contributed by atoms with E-state index in [4.69, 9.17) is 13.6 Å². The number of hydrogen-bond donors (Lipinski definition) is 0. The minimum Gasteiger partial charge on any atom is -0.488 e. The molecule has 0 saturated heterocycles. The molecule has 3 heterocycles. The number of benzene rings is 11. The third-order valence-corrected chi connectivity index (χ3v) is 18.9. The average Bonchev–Trinajstić information content (AvgIpc) is 3.58. The van der Waals surface area contributed by atoms with Crippen molar-refractivity contribution in [2.45, 2.75) is 64.4 Å². The van der Waals surface area contributed by atoms with Crippen molar-refractivity contribution in [1.82, 2.24) is 0 Å². The minimum atomic E-state index is -0.384. The summed E-state index contributed by atoms with van der Waals surface area (Å²) in [5, 5.41) is 4.47. The summed E-state index contributed by atoms with van der Waals surface area (Å²) in [4.78, 5) is 2.50. The van der Waals surface area contributed by atoms with Crippen LogP contribution in [0.4, 0.5) is 17.1 Å². The smallest absolute Gasteiger partial charge is 0.143 e. The molecule has 382 valence electrons. The summed E-state index contributed by atoms with van der Waals surface area (Å²) in [6.45, 7) is 15.1. The fraction of sp³-hybridized carbons (Fsp3) is 0.132. The quantitative estimate of drug-likeness (QED) is 0.172. The molecule has 80 heavy (non-hydrogen) atoms. The highest BCUT2D eigenvalue weighted by atomic mass is 16.5. The van der Waals surface area contributed by atoms with Gasteiger partial charge in [-0.25, -0.2) is 0 Å². The summed E-state index contributed by atoms with van der Waals surface area (Å²) in [6, 6.07) is 78.0. The first-order chi connectivity index (χ1) is 39.0. The van der Waals surface area contributed by atoms with Crippen LogP contribution in [0.15, 0.2) is 221 Å². The molecule has 1 aliphatic heterocycles. The normalized spacial score (nSPS) is 15.2. The van der Waals surface area contributed by atoms with Crippen LogP contribution < -0.4 is 9.64 Å². The van der Waals surface area contributed by atoms with Gasteiger partial charge in [-0.15, -0.1) is 0 Å². The first-order valence-corrected chi connectivity index (χ1v) is 28.2. The van der Waals surface area contributed by atoms with E-state index in [9.17, 15) is 0 Å². The van der Waals surface area contributed by atoms with Crippen LogP contribution in [0.25, 0.3) is 111 Å². The molecule has 4 nitrogen and oxygen atoms in total. The van der Waals surface area contributed by atoms with Crippen molar-refractivity contribution in [3.63, 3.8) is 0 Å². The third kappa shape index (κ3) is 5.95. The van der Waals surface area contributed by atoms with Gasteiger partial charge in [-0.05, 0) is 144 Å². The van der Waals surface area contributed by atoms with Gasteiger partial charge in [0.05, 0.1) is 11.1 Å². The van der Waals surface area contributed by atoms with Crippen molar-refractivity contribution in [3.8, 4) is 72.5 Å². The zero-order valence-electron chi connectivity index (χ0n) is 45.6. The van der Waals surface area contributed by atoms with Gasteiger partial charge in [0.25, 0.3) is 0 Å². The van der Waals surface area contributed by atoms with E-state index in [1.54, 1.807) is 0 Å². The summed E-state index contributed by atoms with van der Waals surface area (Å²) in [6.07, 6.45) is 0. The lowest BCUT2D eigenvalue weighted by atomic mass is 9.71. The lowest BCUT2D eigenvalue weighted by Gasteiger charge is -2.34. The summed E-state index contributed by atoms with van der Waals surface area (Å²) in [5.74, 6) is 1.01. The van der Waals surface area contributed by atoms with Crippen LogP contribution >= 0.6 is 0 Å². The molecule has 0 amide bonds. The zero-order valence-corrected chi connectivity index (χ0v) is 45.6. The Labute approximate surface area is 465 Å². The molecule has 13 aromatic rings. The second kappa shape index (κ2) is 15.9. The lowest BCUT2D eigenvalue weighted by molar-refractivity contribution is 0.303. The molecule has 0 radical (unpaired) electrons. The summed E-state index contributed by atoms with van der Waals surface area (Å²) in [5.41, 5.74) is 29.7. The lowest BCUT2D eigenvalue weighted by Crippen LogP contribution is -2.25. The van der Waals surface area contributed by atoms with Crippen molar-refractivity contribution in [1.29, 1.82) is 0 Å². The Morgan fingerprint density at radius 3 is 1.69 bits per heavy atom. The number of fused-ring (bicyclic) bond motifs is 22. The number of para-hydroxylation sites is 2. The second-order valence-electron chi connectivity index (χ2n) is 24.2. The van der Waals surface area contributed by atoms with Gasteiger partial charge in [-0.3, -0.25) is 0 Å². The largest absolute Gasteiger partial charge is 0.488 e. The molecule has 0 N–H and O–H groups in total. The molecular weight excluding hydrogens is 975 g/mol. The number of ether oxygens (including phenoxy) is 1. The van der Waals surface area contributed by atoms with Crippen molar-refractivity contribution in [3.05, 3.63) is 251 Å². The molecule has 3 aliphatic carbocycles. The van der Waals surface area contributed by atoms with Gasteiger partial charge in [0.15, 0.2) is 0 Å². The fourth-order valence-corrected chi connectivity index (χ4v) is 15.1. The Hall–Kier alpha value is -9.38. The van der Waals surface area contributed by atoms with Gasteiger partial charge in [-0.1, -0.05) is 199 Å². The topological polar surface area (TPSA) is 38.8 Å². The van der Waals surface area contributed by atoms with Crippen LogP contribution in [0.1, 0.15) is 80.5 Å². The molecule has 0 saturated carbocycles. The van der Waals surface area contributed by atoms with Crippen LogP contribution in [0.3, 0.4) is 0 Å². The predicted octanol–water partition coefficient (Wildman–Crippen LogP) is 20.8. The van der Waals surface area contributed by atoms with Crippen LogP contribution in [0, 0.1) is 0 Å². The minimum absolute atomic E-state index is 0.256. The average molecular weight is 1030 g/mol. The van der Waals surface area contributed by atoms with Crippen LogP contribution in [0.2, 0.25) is 0 Å². The first kappa shape index (κ1) is 45.6. The van der Waals surface area contributed by atoms with E-state index in [1.807, 2.05) is 0 Å². The molecule has 0 fully saturated rings. The van der Waals surface area contributed by atoms with Crippen molar-refractivity contribution >= 4 is 60.9 Å². The number of rotatable bonds is 5. The molecule has 0 spiro atoms. The van der Waals surface area contributed by atoms with Crippen LogP contribution in [-0.4, -0.2) is 0 Å². The molecule has 17 rings (SSSR count). The van der Waals surface area contributed by atoms with Gasteiger partial charge in [0.2, 0.25) is 0 Å². The van der Waals surface area contributed by atoms with E-state index in [0.717, 1.165) is 72.4 Å². The Morgan fingerprint density at radius 1 is 0.362 bits per heavy atom. The van der Waals surface area contributed by atoms with Gasteiger partial charge < -0.3 is 18.5 Å². The highest BCUT2D eigenvalue weighted by Gasteiger charge is 2.50. The van der Waals surface area contributed by atoms with E-state index in [-0.39, 0.29) is 16.2 Å². The van der Waals surface area contributed by atoms with E-state index < -0.39 is 0 Å². The van der Waals surface area contributed by atoms with Crippen molar-refractivity contribution < 1.29 is 13.6 Å². The summed E-state index contributed by atoms with van der Waals surface area (Å²) < 4.78 is 20.7. The van der Waals surface area contributed by atoms with Crippen molar-refractivity contribution in [2.75, 3.05) is 4.90 Å². The van der Waals surface area contributed by atoms with E-state index in [0.29, 0.717) is 6.61 Å². The zero-order chi connectivity index (χ0) is 53.6. The molecule has 0 atom stereocenters. The maximum absolute atomic E-state index is 7.04. The standard InChI is InChI=1S/C76H55NO3/c1-74(2)57-39-47(35-37-51(57)64-59(74)41-55(72-68(64)54-25-14-17-29-62(54)80-72)45-33-31-44(32-34-45)43-19-8-7-9-20-43)77(60-27-18-30-63-65(60)53-24-13-16-28-61(53)79-63)48-36-38-52-58(40-48)76(5,6)70-66(52)67-49-22-11-10-21-46(49)42-78-73(67)69-50-23-12-15-26-56(50)75(3,4)71(69)70/h7-41H,42H2,1-6H3. The maximum atomic E-state index is 7.04. The Kier molecular flexibility index (Phi) is 9.06. The Balaban J connectivity index is 0.887. The summed E-state index contributed by atoms with van der Waals surface area (Å²) >= 11 is 0. The monoisotopic (exact) mass is 1030 g/mol. The predicted molar refractivity (Wildman–Crippen MR) is 329 cm³/mol. The molecule has 2 aromatic heterocycles. The van der Waals surface area contributed by atoms with Gasteiger partial charge >= 0.3 is 0 Å². The molecule has 0 unspecified atom stereocenters. The maximum Gasteiger partial charge on any atom is 0.143 e. The molecule has 4 aliphatic rings. The van der Waals surface area contributed by atoms with E-state index >= 15 is 0 Å². The second-order valence-corrected chi connectivity index (χ2v) is 24.2. The first-order valence-electron chi connectivity index (χ1n) is 28.2. The van der Waals surface area contributed by atoms with Gasteiger partial charge in [0, 0.05) is 60.5 Å². The number of hydrogen-bond acceptors (Lipinski definition) is 4. The van der Waals surface area contributed by atoms with Gasteiger partial charge in [-0.2, -0.15) is 0 Å². The van der Waals surface area contributed by atoms with E-state index in [2.05, 4.69) is 259 Å². The van der Waals surface area contributed by atoms with E-state index in [1.165, 1.54) is 100.0 Å². The molecule has 11 aromatic carbocycles. The third-order valence-electron chi connectivity index (χ3n) is 18.9. The molecule has 0 bridgehead atoms. The van der Waals surface area contributed by atoms with Crippen LogP contribution in [0.5, 0.6) is 5.75 Å². The fourth-order valence-electron chi connectivity index (χ4n) is 15.1. The van der Waals surface area contributed by atoms with Gasteiger partial charge in [0.1, 0.15) is 34.7 Å². The number of anilines is 3. The summed E-state index contributed by atoms with van der Waals surface area (Å²) in [7, 11) is 0. The highest BCUT2D eigenvalue weighted by Crippen LogP contribution is 2.67. The molecule has 4 heteroatoms. The highest BCUT2D eigenvalue weighted by molar-refractivity contribution is 6.19.